The van der Waals surface area contributed by atoms with E-state index in [-0.39, 0.29) is 36.6 Å². The van der Waals surface area contributed by atoms with Crippen molar-refractivity contribution in [2.45, 2.75) is 96.1 Å². The summed E-state index contributed by atoms with van der Waals surface area (Å²) in [5.41, 5.74) is 7.40. The molecule has 3 aromatic heterocycles. The predicted octanol–water partition coefficient (Wildman–Crippen LogP) is 6.12. The Labute approximate surface area is 412 Å². The number of anilines is 2. The number of piperazine rings is 1. The molecule has 0 spiro atoms. The number of nitrogens with one attached hydrogen (secondary N) is 2. The number of likely N-dealkylation sites (tertiary alicyclic amines) is 2. The molecule has 2 aromatic carbocycles. The van der Waals surface area contributed by atoms with Crippen LogP contribution in [0.5, 0.6) is 11.6 Å². The summed E-state index contributed by atoms with van der Waals surface area (Å²) in [7, 11) is -3.25. The van der Waals surface area contributed by atoms with Gasteiger partial charge >= 0.3 is 7.82 Å². The molecule has 5 aromatic rings. The van der Waals surface area contributed by atoms with Crippen LogP contribution in [0.2, 0.25) is 0 Å². The zero-order valence-corrected chi connectivity index (χ0v) is 42.1. The van der Waals surface area contributed by atoms with Crippen molar-refractivity contribution < 1.29 is 42.5 Å². The molecule has 0 aliphatic carbocycles. The molecule has 9 rings (SSSR count). The smallest absolute Gasteiger partial charge is 0.469 e. The van der Waals surface area contributed by atoms with E-state index in [1.807, 2.05) is 76.2 Å². The van der Waals surface area contributed by atoms with Gasteiger partial charge in [0.15, 0.2) is 11.6 Å². The number of phosphoric acid groups is 1. The maximum absolute atomic E-state index is 14.5. The van der Waals surface area contributed by atoms with Gasteiger partial charge in [-0.05, 0) is 87.1 Å². The summed E-state index contributed by atoms with van der Waals surface area (Å²) in [6.07, 6.45) is 0.936. The number of aromatic nitrogens is 4. The van der Waals surface area contributed by atoms with E-state index in [1.54, 1.807) is 30.0 Å². The van der Waals surface area contributed by atoms with Gasteiger partial charge in [-0.1, -0.05) is 50.2 Å². The van der Waals surface area contributed by atoms with Crippen LogP contribution in [0.15, 0.2) is 70.7 Å². The van der Waals surface area contributed by atoms with Crippen LogP contribution in [0, 0.1) is 12.8 Å². The number of fused-ring (bicyclic) bond motifs is 3. The lowest BCUT2D eigenvalue weighted by atomic mass is 9.91. The molecule has 0 radical (unpaired) electrons. The van der Waals surface area contributed by atoms with Crippen LogP contribution in [0.4, 0.5) is 11.5 Å². The number of methoxy groups -OCH3 is 1. The average molecular weight is 999 g/mol. The number of para-hydroxylation sites is 1. The van der Waals surface area contributed by atoms with Gasteiger partial charge in [0.2, 0.25) is 11.8 Å². The third-order valence-corrected chi connectivity index (χ3v) is 15.8. The van der Waals surface area contributed by atoms with Crippen LogP contribution in [0.1, 0.15) is 75.9 Å². The van der Waals surface area contributed by atoms with Crippen molar-refractivity contribution in [3.63, 3.8) is 0 Å². The minimum atomic E-state index is -4.92. The number of benzene rings is 2. The topological polar surface area (TPSA) is 221 Å². The Kier molecular flexibility index (Phi) is 14.9. The number of nitrogens with zero attached hydrogens (tertiary/aromatic N) is 8. The van der Waals surface area contributed by atoms with E-state index in [0.717, 1.165) is 95.8 Å². The zero-order valence-electron chi connectivity index (χ0n) is 40.4. The molecule has 2 amide bonds. The molecule has 7 heterocycles. The van der Waals surface area contributed by atoms with Crippen molar-refractivity contribution >= 4 is 42.5 Å². The van der Waals surface area contributed by atoms with Crippen molar-refractivity contribution in [1.29, 1.82) is 0 Å². The van der Waals surface area contributed by atoms with Crippen molar-refractivity contribution in [1.82, 2.24) is 40.4 Å². The molecule has 374 valence electrons. The second kappa shape index (κ2) is 21.1. The van der Waals surface area contributed by atoms with Gasteiger partial charge in [0, 0.05) is 62.9 Å². The second-order valence-corrected chi connectivity index (χ2v) is 21.2. The number of piperidine rings is 1. The Bertz CT molecular complexity index is 2670. The number of aryl methyl sites for hydroxylation is 1. The van der Waals surface area contributed by atoms with Gasteiger partial charge in [-0.3, -0.25) is 23.9 Å². The summed E-state index contributed by atoms with van der Waals surface area (Å²) in [4.78, 5) is 62.1. The number of phosphoric ester groups is 1. The number of hydrogen-bond acceptors (Lipinski definition) is 16. The fourth-order valence-corrected chi connectivity index (χ4v) is 11.9. The number of ether oxygens (including phenoxy) is 2. The summed E-state index contributed by atoms with van der Waals surface area (Å²) in [5.74, 6) is 0.0553. The molecule has 3 saturated heterocycles. The molecule has 3 fully saturated rings. The van der Waals surface area contributed by atoms with Crippen LogP contribution in [-0.4, -0.2) is 146 Å². The third-order valence-electron chi connectivity index (χ3n) is 14.2. The highest BCUT2D eigenvalue weighted by atomic mass is 32.1. The number of thiazole rings is 1. The van der Waals surface area contributed by atoms with E-state index in [2.05, 4.69) is 58.7 Å². The lowest BCUT2D eigenvalue weighted by molar-refractivity contribution is -0.141. The van der Waals surface area contributed by atoms with Crippen molar-refractivity contribution in [2.75, 3.05) is 69.7 Å². The summed E-state index contributed by atoms with van der Waals surface area (Å²) >= 11 is 1.56. The number of amides is 2. The first-order chi connectivity index (χ1) is 33.6. The summed E-state index contributed by atoms with van der Waals surface area (Å²) in [6, 6.07) is 19.0. The summed E-state index contributed by atoms with van der Waals surface area (Å²) in [5, 5.41) is 19.9. The molecule has 4 aliphatic heterocycles. The molecule has 70 heavy (non-hydrogen) atoms. The fourth-order valence-electron chi connectivity index (χ4n) is 10.5. The molecule has 0 bridgehead atoms. The van der Waals surface area contributed by atoms with Gasteiger partial charge in [0.25, 0.3) is 5.88 Å². The predicted molar refractivity (Wildman–Crippen MR) is 265 cm³/mol. The van der Waals surface area contributed by atoms with Crippen LogP contribution in [-0.2, 0) is 18.7 Å². The molecule has 21 heteroatoms. The normalized spacial score (nSPS) is 22.0. The molecule has 0 saturated carbocycles. The van der Waals surface area contributed by atoms with Crippen molar-refractivity contribution in [2.24, 2.45) is 5.92 Å². The number of carbonyl (C=O) groups is 2. The van der Waals surface area contributed by atoms with E-state index in [0.29, 0.717) is 25.2 Å². The number of hydrogen-bond donors (Lipinski definition) is 4. The average Bonchev–Trinajstić information content (AvgIpc) is 4.11. The Balaban J connectivity index is 0.774. The molecular weight excluding hydrogens is 936 g/mol. The fraction of sp³-hybridized carbons (Fsp3) is 0.510. The molecule has 4 N–H and O–H groups in total. The zero-order chi connectivity index (χ0) is 49.3. The molecule has 4 aliphatic rings. The van der Waals surface area contributed by atoms with Crippen LogP contribution >= 0.6 is 19.2 Å². The van der Waals surface area contributed by atoms with E-state index in [4.69, 9.17) is 18.5 Å². The third kappa shape index (κ3) is 10.9. The van der Waals surface area contributed by atoms with E-state index in [9.17, 15) is 23.9 Å². The highest BCUT2D eigenvalue weighted by molar-refractivity contribution is 7.46. The molecule has 19 nitrogen and oxygen atoms in total. The van der Waals surface area contributed by atoms with E-state index in [1.165, 1.54) is 4.90 Å². The van der Waals surface area contributed by atoms with Gasteiger partial charge in [0.05, 0.1) is 52.8 Å². The number of carbonyl (C=O) groups excluding carboxylic acids is 2. The van der Waals surface area contributed by atoms with Crippen molar-refractivity contribution in [3.05, 3.63) is 83.2 Å². The molecular formula is C49H63N10O9PS. The summed E-state index contributed by atoms with van der Waals surface area (Å²) in [6.45, 7) is 15.3. The highest BCUT2D eigenvalue weighted by Gasteiger charge is 2.46. The lowest BCUT2D eigenvalue weighted by Crippen LogP contribution is -2.63. The first-order valence-corrected chi connectivity index (χ1v) is 26.5. The Morgan fingerprint density at radius 2 is 1.79 bits per heavy atom. The second-order valence-electron chi connectivity index (χ2n) is 19.1. The van der Waals surface area contributed by atoms with Gasteiger partial charge < -0.3 is 44.2 Å². The van der Waals surface area contributed by atoms with Gasteiger partial charge in [-0.2, -0.15) is 0 Å². The SMILES string of the molecule is COc1ccccc1-c1cc2c(nn1)N[C@@H](C)[C@@H]1CN(C3CCN(CCOc4cc([C@H](C(=O)N5C[C@H](OP(=O)(O)O)C[C@H]5C(=O)N[C@@H](C)c5ccc(-c6scnc6C)cc5)C(C)C)on4)CC3)CCN21. The standard InChI is InChI=1S/C49H63N10O9PS/c1-29(2)45(49(61)59-26-36(68-69(62,63)64)23-40(59)48(60)52-30(3)33-11-13-34(14-12-33)46-32(5)50-28-70-46)43-25-44(55-67-43)66-22-21-56-17-15-35(16-18-56)57-19-20-58-39-24-38(37-9-7-8-10-42(37)65-6)53-54-47(39)51-31(4)41(58)27-57/h7-14,24-25,28-31,35-36,40-41,45H,15-23,26-27H2,1-6H3,(H,51,54)(H,52,60)(H2,62,63,64)/t30-,31-,36+,40-,41-,45+/m0/s1. The minimum absolute atomic E-state index is 0.0996. The first-order valence-electron chi connectivity index (χ1n) is 24.1. The van der Waals surface area contributed by atoms with E-state index >= 15 is 0 Å². The largest absolute Gasteiger partial charge is 0.496 e. The first kappa shape index (κ1) is 49.5. The van der Waals surface area contributed by atoms with Gasteiger partial charge in [-0.25, -0.2) is 9.55 Å². The highest BCUT2D eigenvalue weighted by Crippen LogP contribution is 2.43. The Morgan fingerprint density at radius 3 is 2.50 bits per heavy atom. The van der Waals surface area contributed by atoms with Gasteiger partial charge in [-0.15, -0.1) is 21.5 Å². The van der Waals surface area contributed by atoms with E-state index < -0.39 is 43.7 Å². The van der Waals surface area contributed by atoms with Gasteiger partial charge in [0.1, 0.15) is 24.3 Å². The maximum atomic E-state index is 14.5. The summed E-state index contributed by atoms with van der Waals surface area (Å²) < 4.78 is 34.4. The lowest BCUT2D eigenvalue weighted by Gasteiger charge is -2.51. The minimum Gasteiger partial charge on any atom is -0.496 e. The molecule has 0 unspecified atom stereocenters. The Hall–Kier alpha value is -5.47. The van der Waals surface area contributed by atoms with Crippen LogP contribution < -0.4 is 25.0 Å². The number of rotatable bonds is 16. The Morgan fingerprint density at radius 1 is 1.01 bits per heavy atom. The van der Waals surface area contributed by atoms with Crippen LogP contribution in [0.3, 0.4) is 0 Å². The maximum Gasteiger partial charge on any atom is 0.469 e. The molecule has 6 atom stereocenters. The van der Waals surface area contributed by atoms with Crippen molar-refractivity contribution in [3.8, 4) is 33.3 Å². The monoisotopic (exact) mass is 998 g/mol. The quantitative estimate of drug-likeness (QED) is 0.0819. The van der Waals surface area contributed by atoms with Crippen LogP contribution in [0.25, 0.3) is 21.7 Å².